The van der Waals surface area contributed by atoms with Crippen LogP contribution in [0.5, 0.6) is 11.5 Å². The molecule has 2 heterocycles. The van der Waals surface area contributed by atoms with Crippen LogP contribution in [0.15, 0.2) is 78.4 Å². The third-order valence-corrected chi connectivity index (χ3v) is 5.92. The third-order valence-electron chi connectivity index (χ3n) is 5.92. The molecule has 8 nitrogen and oxygen atoms in total. The lowest BCUT2D eigenvalue weighted by Gasteiger charge is -2.26. The zero-order chi connectivity index (χ0) is 24.5. The first-order valence-corrected chi connectivity index (χ1v) is 10.9. The normalized spacial score (nSPS) is 18.4. The number of nitrogens with zero attached hydrogens (tertiary/aromatic N) is 1. The lowest BCUT2D eigenvalue weighted by molar-refractivity contribution is -0.132. The Labute approximate surface area is 201 Å². The molecule has 3 aromatic rings. The lowest BCUT2D eigenvalue weighted by atomic mass is 9.95. The molecule has 0 radical (unpaired) electrons. The van der Waals surface area contributed by atoms with E-state index in [0.717, 1.165) is 0 Å². The molecule has 35 heavy (non-hydrogen) atoms. The van der Waals surface area contributed by atoms with Crippen LogP contribution in [-0.4, -0.2) is 43.1 Å². The summed E-state index contributed by atoms with van der Waals surface area (Å²) in [6, 6.07) is 19.1. The Kier molecular flexibility index (Phi) is 5.70. The molecule has 2 aliphatic heterocycles. The van der Waals surface area contributed by atoms with Gasteiger partial charge in [0.05, 0.1) is 24.3 Å². The molecule has 0 bridgehead atoms. The molecular weight excluding hydrogens is 450 g/mol. The number of amides is 1. The maximum absolute atomic E-state index is 13.3. The van der Waals surface area contributed by atoms with Gasteiger partial charge in [-0.1, -0.05) is 36.4 Å². The Morgan fingerprint density at radius 3 is 2.40 bits per heavy atom. The topological polar surface area (TPSA) is 102 Å². The van der Waals surface area contributed by atoms with E-state index in [9.17, 15) is 19.5 Å². The summed E-state index contributed by atoms with van der Waals surface area (Å²) in [6.45, 7) is 0.782. The van der Waals surface area contributed by atoms with Crippen molar-refractivity contribution in [1.82, 2.24) is 0 Å². The van der Waals surface area contributed by atoms with Crippen molar-refractivity contribution in [3.63, 3.8) is 0 Å². The third kappa shape index (κ3) is 3.89. The zero-order valence-electron chi connectivity index (χ0n) is 18.8. The van der Waals surface area contributed by atoms with Gasteiger partial charge in [0, 0.05) is 11.3 Å². The van der Waals surface area contributed by atoms with E-state index in [2.05, 4.69) is 0 Å². The fourth-order valence-electron chi connectivity index (χ4n) is 4.30. The SMILES string of the molecule is COC(=O)c1cccc(N2C(=O)C(=O)/C(=C(\O)c3ccc4c(c3)OCCO4)C2c2ccccc2)c1. The molecular formula is C27H21NO7. The first kappa shape index (κ1) is 22.2. The summed E-state index contributed by atoms with van der Waals surface area (Å²) < 4.78 is 15.9. The lowest BCUT2D eigenvalue weighted by Crippen LogP contribution is -2.29. The predicted molar refractivity (Wildman–Crippen MR) is 126 cm³/mol. The molecule has 0 spiro atoms. The Morgan fingerprint density at radius 2 is 1.66 bits per heavy atom. The number of rotatable bonds is 4. The Morgan fingerprint density at radius 1 is 0.914 bits per heavy atom. The monoisotopic (exact) mass is 471 g/mol. The average molecular weight is 471 g/mol. The predicted octanol–water partition coefficient (Wildman–Crippen LogP) is 3.87. The average Bonchev–Trinajstić information content (AvgIpc) is 3.18. The minimum absolute atomic E-state index is 0.0682. The zero-order valence-corrected chi connectivity index (χ0v) is 18.8. The summed E-state index contributed by atoms with van der Waals surface area (Å²) in [5, 5.41) is 11.3. The van der Waals surface area contributed by atoms with Gasteiger partial charge in [-0.15, -0.1) is 0 Å². The van der Waals surface area contributed by atoms with Gasteiger partial charge >= 0.3 is 5.97 Å². The molecule has 1 N–H and O–H groups in total. The highest BCUT2D eigenvalue weighted by atomic mass is 16.6. The second kappa shape index (κ2) is 8.98. The summed E-state index contributed by atoms with van der Waals surface area (Å²) in [5.41, 5.74) is 1.42. The quantitative estimate of drug-likeness (QED) is 0.267. The summed E-state index contributed by atoms with van der Waals surface area (Å²) >= 11 is 0. The van der Waals surface area contributed by atoms with Crippen molar-refractivity contribution < 1.29 is 33.7 Å². The molecule has 2 aliphatic rings. The number of benzene rings is 3. The van der Waals surface area contributed by atoms with E-state index in [1.165, 1.54) is 18.1 Å². The van der Waals surface area contributed by atoms with Crippen molar-refractivity contribution in [3.8, 4) is 11.5 Å². The second-order valence-electron chi connectivity index (χ2n) is 7.98. The van der Waals surface area contributed by atoms with Gasteiger partial charge in [-0.2, -0.15) is 0 Å². The van der Waals surface area contributed by atoms with E-state index in [4.69, 9.17) is 14.2 Å². The van der Waals surface area contributed by atoms with Crippen molar-refractivity contribution in [2.45, 2.75) is 6.04 Å². The van der Waals surface area contributed by atoms with Crippen LogP contribution in [0.4, 0.5) is 5.69 Å². The van der Waals surface area contributed by atoms with E-state index in [1.54, 1.807) is 60.7 Å². The van der Waals surface area contributed by atoms with Crippen LogP contribution in [0.25, 0.3) is 5.76 Å². The second-order valence-corrected chi connectivity index (χ2v) is 7.98. The number of ketones is 1. The number of esters is 1. The Balaban J connectivity index is 1.67. The molecule has 1 fully saturated rings. The molecule has 0 aromatic heterocycles. The molecule has 3 aromatic carbocycles. The van der Waals surface area contributed by atoms with Crippen molar-refractivity contribution >= 4 is 29.1 Å². The van der Waals surface area contributed by atoms with Gasteiger partial charge in [0.1, 0.15) is 19.0 Å². The van der Waals surface area contributed by atoms with Gasteiger partial charge in [0.2, 0.25) is 0 Å². The van der Waals surface area contributed by atoms with E-state index >= 15 is 0 Å². The highest BCUT2D eigenvalue weighted by Crippen LogP contribution is 2.43. The number of carbonyl (C=O) groups is 3. The van der Waals surface area contributed by atoms with Crippen molar-refractivity contribution in [2.24, 2.45) is 0 Å². The Hall–Kier alpha value is -4.59. The molecule has 5 rings (SSSR count). The van der Waals surface area contributed by atoms with E-state index in [0.29, 0.717) is 41.5 Å². The smallest absolute Gasteiger partial charge is 0.337 e. The van der Waals surface area contributed by atoms with Crippen LogP contribution in [0.2, 0.25) is 0 Å². The maximum Gasteiger partial charge on any atom is 0.337 e. The molecule has 0 aliphatic carbocycles. The van der Waals surface area contributed by atoms with E-state index in [-0.39, 0.29) is 16.9 Å². The number of hydrogen-bond donors (Lipinski definition) is 1. The fraction of sp³-hybridized carbons (Fsp3) is 0.148. The summed E-state index contributed by atoms with van der Waals surface area (Å²) in [4.78, 5) is 40.0. The van der Waals surface area contributed by atoms with E-state index in [1.807, 2.05) is 6.07 Å². The Bertz CT molecular complexity index is 1360. The first-order chi connectivity index (χ1) is 17.0. The highest BCUT2D eigenvalue weighted by Gasteiger charge is 2.47. The van der Waals surface area contributed by atoms with Crippen LogP contribution in [-0.2, 0) is 14.3 Å². The number of ether oxygens (including phenoxy) is 3. The van der Waals surface area contributed by atoms with Gasteiger partial charge in [-0.3, -0.25) is 14.5 Å². The fourth-order valence-corrected chi connectivity index (χ4v) is 4.30. The van der Waals surface area contributed by atoms with E-state index < -0.39 is 23.7 Å². The molecule has 1 atom stereocenters. The number of methoxy groups -OCH3 is 1. The standard InChI is InChI=1S/C27H21NO7/c1-33-27(32)18-8-5-9-19(14-18)28-23(16-6-3-2-4-7-16)22(25(30)26(28)31)24(29)17-10-11-20-21(15-17)35-13-12-34-20/h2-11,14-15,23,29H,12-13H2,1H3/b24-22-. The number of anilines is 1. The van der Waals surface area contributed by atoms with Crippen LogP contribution >= 0.6 is 0 Å². The van der Waals surface area contributed by atoms with Crippen molar-refractivity contribution in [1.29, 1.82) is 0 Å². The maximum atomic E-state index is 13.3. The molecule has 0 saturated carbocycles. The van der Waals surface area contributed by atoms with Crippen LogP contribution in [0.3, 0.4) is 0 Å². The number of fused-ring (bicyclic) bond motifs is 1. The van der Waals surface area contributed by atoms with Gasteiger partial charge in [0.15, 0.2) is 11.5 Å². The number of aliphatic hydroxyl groups is 1. The first-order valence-electron chi connectivity index (χ1n) is 10.9. The summed E-state index contributed by atoms with van der Waals surface area (Å²) in [7, 11) is 1.26. The summed E-state index contributed by atoms with van der Waals surface area (Å²) in [6.07, 6.45) is 0. The largest absolute Gasteiger partial charge is 0.507 e. The molecule has 1 amide bonds. The van der Waals surface area contributed by atoms with Gasteiger partial charge < -0.3 is 19.3 Å². The van der Waals surface area contributed by atoms with Gasteiger partial charge in [0.25, 0.3) is 11.7 Å². The minimum Gasteiger partial charge on any atom is -0.507 e. The van der Waals surface area contributed by atoms with Crippen molar-refractivity contribution in [3.05, 3.63) is 95.1 Å². The molecule has 1 saturated heterocycles. The molecule has 1 unspecified atom stereocenters. The van der Waals surface area contributed by atoms with Crippen LogP contribution in [0, 0.1) is 0 Å². The van der Waals surface area contributed by atoms with Crippen LogP contribution in [0.1, 0.15) is 27.5 Å². The van der Waals surface area contributed by atoms with Crippen LogP contribution < -0.4 is 14.4 Å². The summed E-state index contributed by atoms with van der Waals surface area (Å²) in [5.74, 6) is -1.59. The van der Waals surface area contributed by atoms with Crippen molar-refractivity contribution in [2.75, 3.05) is 25.2 Å². The molecule has 176 valence electrons. The van der Waals surface area contributed by atoms with Gasteiger partial charge in [-0.05, 0) is 42.0 Å². The number of hydrogen-bond acceptors (Lipinski definition) is 7. The number of aliphatic hydroxyl groups excluding tert-OH is 1. The highest BCUT2D eigenvalue weighted by molar-refractivity contribution is 6.51. The molecule has 8 heteroatoms. The van der Waals surface area contributed by atoms with Gasteiger partial charge in [-0.25, -0.2) is 4.79 Å². The minimum atomic E-state index is -0.919. The number of Topliss-reactive ketones (excluding diaryl/α,β-unsaturated/α-hetero) is 1. The number of carbonyl (C=O) groups excluding carboxylic acids is 3.